The van der Waals surface area contributed by atoms with Crippen LogP contribution in [-0.2, 0) is 11.3 Å². The van der Waals surface area contributed by atoms with Gasteiger partial charge in [0.15, 0.2) is 11.0 Å². The molecule has 0 unspecified atom stereocenters. The number of benzene rings is 1. The molecule has 0 saturated carbocycles. The van der Waals surface area contributed by atoms with Crippen molar-refractivity contribution in [2.75, 3.05) is 12.5 Å². The zero-order chi connectivity index (χ0) is 13.7. The van der Waals surface area contributed by atoms with E-state index in [4.69, 9.17) is 4.74 Å². The lowest BCUT2D eigenvalue weighted by Gasteiger charge is -2.07. The molecule has 102 valence electrons. The first-order valence-corrected chi connectivity index (χ1v) is 7.14. The van der Waals surface area contributed by atoms with E-state index in [-0.39, 0.29) is 5.82 Å². The molecule has 0 atom stereocenters. The van der Waals surface area contributed by atoms with Gasteiger partial charge in [0.05, 0.1) is 5.94 Å². The molecule has 1 aromatic heterocycles. The lowest BCUT2D eigenvalue weighted by atomic mass is 10.2. The van der Waals surface area contributed by atoms with Gasteiger partial charge in [-0.15, -0.1) is 10.2 Å². The van der Waals surface area contributed by atoms with Crippen molar-refractivity contribution in [3.8, 4) is 11.4 Å². The summed E-state index contributed by atoms with van der Waals surface area (Å²) in [5.41, 5.74) is 0.860. The lowest BCUT2D eigenvalue weighted by molar-refractivity contribution is 0.199. The fraction of sp³-hybridized carbons (Fsp3) is 0.385. The summed E-state index contributed by atoms with van der Waals surface area (Å²) in [5, 5.41) is 9.15. The molecule has 2 rings (SSSR count). The summed E-state index contributed by atoms with van der Waals surface area (Å²) >= 11 is 1.51. The molecule has 0 fully saturated rings. The zero-order valence-corrected chi connectivity index (χ0v) is 11.8. The van der Waals surface area contributed by atoms with E-state index in [2.05, 4.69) is 10.2 Å². The quantitative estimate of drug-likeness (QED) is 0.463. The second-order valence-electron chi connectivity index (χ2n) is 3.81. The highest BCUT2D eigenvalue weighted by Gasteiger charge is 2.12. The minimum absolute atomic E-state index is 0.253. The third-order valence-electron chi connectivity index (χ3n) is 2.61. The van der Waals surface area contributed by atoms with Crippen LogP contribution in [0.4, 0.5) is 4.39 Å². The Morgan fingerprint density at radius 2 is 1.95 bits per heavy atom. The summed E-state index contributed by atoms with van der Waals surface area (Å²) in [5.74, 6) is 1.05. The third kappa shape index (κ3) is 3.33. The van der Waals surface area contributed by atoms with Crippen LogP contribution in [0, 0.1) is 5.82 Å². The first-order chi connectivity index (χ1) is 9.26. The third-order valence-corrected chi connectivity index (χ3v) is 3.46. The standard InChI is InChI=1S/C13H16FN3OS/c1-3-17-12(10-5-7-11(14)8-6-10)15-16-13(17)19-9-18-4-2/h5-8H,3-4,9H2,1-2H3. The highest BCUT2D eigenvalue weighted by Crippen LogP contribution is 2.24. The molecule has 1 aromatic carbocycles. The Labute approximate surface area is 116 Å². The Kier molecular flexibility index (Phi) is 4.93. The molecule has 0 N–H and O–H groups in total. The molecule has 6 heteroatoms. The Bertz CT molecular complexity index is 527. The normalized spacial score (nSPS) is 10.9. The van der Waals surface area contributed by atoms with Crippen molar-refractivity contribution in [2.24, 2.45) is 0 Å². The van der Waals surface area contributed by atoms with Gasteiger partial charge in [-0.25, -0.2) is 4.39 Å². The minimum Gasteiger partial charge on any atom is -0.371 e. The topological polar surface area (TPSA) is 39.9 Å². The van der Waals surface area contributed by atoms with Gasteiger partial charge in [0, 0.05) is 18.7 Å². The van der Waals surface area contributed by atoms with Crippen molar-refractivity contribution in [3.05, 3.63) is 30.1 Å². The fourth-order valence-electron chi connectivity index (χ4n) is 1.67. The van der Waals surface area contributed by atoms with Gasteiger partial charge >= 0.3 is 0 Å². The van der Waals surface area contributed by atoms with Gasteiger partial charge in [-0.2, -0.15) is 0 Å². The fourth-order valence-corrected chi connectivity index (χ4v) is 2.50. The second kappa shape index (κ2) is 6.68. The molecule has 0 bridgehead atoms. The van der Waals surface area contributed by atoms with Crippen LogP contribution >= 0.6 is 11.8 Å². The molecule has 1 heterocycles. The maximum Gasteiger partial charge on any atom is 0.193 e. The van der Waals surface area contributed by atoms with Gasteiger partial charge < -0.3 is 9.30 Å². The van der Waals surface area contributed by atoms with Gasteiger partial charge in [-0.1, -0.05) is 11.8 Å². The number of nitrogens with zero attached hydrogens (tertiary/aromatic N) is 3. The Morgan fingerprint density at radius 1 is 1.21 bits per heavy atom. The average molecular weight is 281 g/mol. The predicted molar refractivity (Wildman–Crippen MR) is 73.4 cm³/mol. The second-order valence-corrected chi connectivity index (χ2v) is 4.70. The van der Waals surface area contributed by atoms with Crippen molar-refractivity contribution >= 4 is 11.8 Å². The summed E-state index contributed by atoms with van der Waals surface area (Å²) in [7, 11) is 0. The molecule has 0 saturated heterocycles. The lowest BCUT2D eigenvalue weighted by Crippen LogP contribution is -2.00. The molecule has 0 aliphatic heterocycles. The molecule has 4 nitrogen and oxygen atoms in total. The van der Waals surface area contributed by atoms with Crippen LogP contribution in [0.2, 0.25) is 0 Å². The van der Waals surface area contributed by atoms with E-state index in [1.165, 1.54) is 23.9 Å². The number of thioether (sulfide) groups is 1. The first kappa shape index (κ1) is 14.0. The Hall–Kier alpha value is -1.40. The van der Waals surface area contributed by atoms with Crippen LogP contribution in [-0.4, -0.2) is 27.3 Å². The smallest absolute Gasteiger partial charge is 0.193 e. The van der Waals surface area contributed by atoms with Gasteiger partial charge in [0.1, 0.15) is 5.82 Å². The molecular weight excluding hydrogens is 265 g/mol. The summed E-state index contributed by atoms with van der Waals surface area (Å²) in [6.07, 6.45) is 0. The summed E-state index contributed by atoms with van der Waals surface area (Å²) in [4.78, 5) is 0. The van der Waals surface area contributed by atoms with Crippen LogP contribution < -0.4 is 0 Å². The van der Waals surface area contributed by atoms with E-state index in [1.54, 1.807) is 12.1 Å². The van der Waals surface area contributed by atoms with Crippen LogP contribution in [0.5, 0.6) is 0 Å². The van der Waals surface area contributed by atoms with Crippen LogP contribution in [0.1, 0.15) is 13.8 Å². The number of rotatable bonds is 6. The van der Waals surface area contributed by atoms with Crippen molar-refractivity contribution in [3.63, 3.8) is 0 Å². The minimum atomic E-state index is -0.253. The molecule has 19 heavy (non-hydrogen) atoms. The first-order valence-electron chi connectivity index (χ1n) is 6.16. The number of halogens is 1. The van der Waals surface area contributed by atoms with Crippen LogP contribution in [0.15, 0.2) is 29.4 Å². The molecule has 0 spiro atoms. The molecule has 0 radical (unpaired) electrons. The van der Waals surface area contributed by atoms with E-state index in [0.29, 0.717) is 12.5 Å². The van der Waals surface area contributed by atoms with E-state index < -0.39 is 0 Å². The van der Waals surface area contributed by atoms with E-state index in [9.17, 15) is 4.39 Å². The number of hydrogen-bond donors (Lipinski definition) is 0. The number of hydrogen-bond acceptors (Lipinski definition) is 4. The highest BCUT2D eigenvalue weighted by molar-refractivity contribution is 7.99. The van der Waals surface area contributed by atoms with E-state index in [1.807, 2.05) is 18.4 Å². The van der Waals surface area contributed by atoms with E-state index >= 15 is 0 Å². The van der Waals surface area contributed by atoms with Crippen molar-refractivity contribution in [2.45, 2.75) is 25.5 Å². The molecule has 0 aliphatic carbocycles. The van der Waals surface area contributed by atoms with Crippen molar-refractivity contribution in [1.82, 2.24) is 14.8 Å². The number of ether oxygens (including phenoxy) is 1. The van der Waals surface area contributed by atoms with Gasteiger partial charge in [0.25, 0.3) is 0 Å². The molecular formula is C13H16FN3OS. The molecule has 0 amide bonds. The van der Waals surface area contributed by atoms with Gasteiger partial charge in [-0.05, 0) is 38.1 Å². The monoisotopic (exact) mass is 281 g/mol. The maximum absolute atomic E-state index is 12.9. The number of aromatic nitrogens is 3. The van der Waals surface area contributed by atoms with Gasteiger partial charge in [0.2, 0.25) is 0 Å². The average Bonchev–Trinajstić information content (AvgIpc) is 2.83. The van der Waals surface area contributed by atoms with Crippen LogP contribution in [0.3, 0.4) is 0 Å². The van der Waals surface area contributed by atoms with E-state index in [0.717, 1.165) is 23.1 Å². The summed E-state index contributed by atoms with van der Waals surface area (Å²) in [6, 6.07) is 6.28. The van der Waals surface area contributed by atoms with Crippen molar-refractivity contribution in [1.29, 1.82) is 0 Å². The van der Waals surface area contributed by atoms with Gasteiger partial charge in [-0.3, -0.25) is 0 Å². The Balaban J connectivity index is 2.23. The summed E-state index contributed by atoms with van der Waals surface area (Å²) < 4.78 is 20.2. The van der Waals surface area contributed by atoms with Crippen LogP contribution in [0.25, 0.3) is 11.4 Å². The largest absolute Gasteiger partial charge is 0.371 e. The maximum atomic E-state index is 12.9. The molecule has 0 aliphatic rings. The summed E-state index contributed by atoms with van der Waals surface area (Å²) in [6.45, 7) is 5.42. The SMILES string of the molecule is CCOCSc1nnc(-c2ccc(F)cc2)n1CC. The Morgan fingerprint density at radius 3 is 2.58 bits per heavy atom. The van der Waals surface area contributed by atoms with Crippen molar-refractivity contribution < 1.29 is 9.13 Å². The predicted octanol–water partition coefficient (Wildman–Crippen LogP) is 3.19. The zero-order valence-electron chi connectivity index (χ0n) is 11.0. The molecule has 2 aromatic rings. The highest BCUT2D eigenvalue weighted by atomic mass is 32.2.